The minimum Gasteiger partial charge on any atom is -0.493 e. The molecule has 2 rings (SSSR count). The van der Waals surface area contributed by atoms with E-state index in [1.807, 2.05) is 12.1 Å². The van der Waals surface area contributed by atoms with Gasteiger partial charge in [-0.2, -0.15) is 0 Å². The van der Waals surface area contributed by atoms with E-state index in [4.69, 9.17) is 21.1 Å². The standard InChI is InChI=1S/C16H24ClNO2/c1-11(2)8-18-9-13-6-14(17)7-15(19-3)16(13)20-10-12-4-5-12/h6-7,11-12,18H,4-5,8-10H2,1-3H3. The van der Waals surface area contributed by atoms with Crippen LogP contribution >= 0.6 is 11.6 Å². The highest BCUT2D eigenvalue weighted by Gasteiger charge is 2.23. The van der Waals surface area contributed by atoms with Crippen LogP contribution in [-0.4, -0.2) is 20.3 Å². The third kappa shape index (κ3) is 4.57. The first kappa shape index (κ1) is 15.5. The molecule has 1 saturated carbocycles. The van der Waals surface area contributed by atoms with Crippen LogP contribution in [0.25, 0.3) is 0 Å². The van der Waals surface area contributed by atoms with Crippen LogP contribution in [0.5, 0.6) is 11.5 Å². The van der Waals surface area contributed by atoms with Crippen LogP contribution in [0.2, 0.25) is 5.02 Å². The van der Waals surface area contributed by atoms with Crippen LogP contribution < -0.4 is 14.8 Å². The van der Waals surface area contributed by atoms with E-state index in [1.54, 1.807) is 7.11 Å². The fourth-order valence-electron chi connectivity index (χ4n) is 2.05. The van der Waals surface area contributed by atoms with Crippen LogP contribution in [0.3, 0.4) is 0 Å². The zero-order valence-electron chi connectivity index (χ0n) is 12.5. The van der Waals surface area contributed by atoms with Crippen molar-refractivity contribution in [2.45, 2.75) is 33.2 Å². The van der Waals surface area contributed by atoms with E-state index in [-0.39, 0.29) is 0 Å². The van der Waals surface area contributed by atoms with Gasteiger partial charge in [-0.05, 0) is 37.3 Å². The summed E-state index contributed by atoms with van der Waals surface area (Å²) in [5, 5.41) is 4.11. The van der Waals surface area contributed by atoms with Gasteiger partial charge in [0.15, 0.2) is 11.5 Å². The van der Waals surface area contributed by atoms with Gasteiger partial charge >= 0.3 is 0 Å². The van der Waals surface area contributed by atoms with E-state index in [1.165, 1.54) is 12.8 Å². The lowest BCUT2D eigenvalue weighted by molar-refractivity contribution is 0.276. The fraction of sp³-hybridized carbons (Fsp3) is 0.625. The monoisotopic (exact) mass is 297 g/mol. The molecular formula is C16H24ClNO2. The highest BCUT2D eigenvalue weighted by molar-refractivity contribution is 6.30. The Morgan fingerprint density at radius 2 is 2.10 bits per heavy atom. The predicted molar refractivity (Wildman–Crippen MR) is 82.8 cm³/mol. The van der Waals surface area contributed by atoms with Crippen molar-refractivity contribution in [2.24, 2.45) is 11.8 Å². The van der Waals surface area contributed by atoms with Gasteiger partial charge in [0.2, 0.25) is 0 Å². The maximum Gasteiger partial charge on any atom is 0.165 e. The number of methoxy groups -OCH3 is 1. The molecule has 0 atom stereocenters. The van der Waals surface area contributed by atoms with Gasteiger partial charge in [-0.25, -0.2) is 0 Å². The summed E-state index contributed by atoms with van der Waals surface area (Å²) in [4.78, 5) is 0. The quantitative estimate of drug-likeness (QED) is 0.790. The summed E-state index contributed by atoms with van der Waals surface area (Å²) in [7, 11) is 1.65. The van der Waals surface area contributed by atoms with Gasteiger partial charge in [0.05, 0.1) is 13.7 Å². The fourth-order valence-corrected chi connectivity index (χ4v) is 2.28. The Bertz CT molecular complexity index is 444. The molecule has 0 bridgehead atoms. The van der Waals surface area contributed by atoms with Gasteiger partial charge in [-0.1, -0.05) is 25.4 Å². The second kappa shape index (κ2) is 7.19. The van der Waals surface area contributed by atoms with Crippen LogP contribution in [0.15, 0.2) is 12.1 Å². The van der Waals surface area contributed by atoms with E-state index in [0.717, 1.165) is 36.8 Å². The molecule has 0 unspecified atom stereocenters. The summed E-state index contributed by atoms with van der Waals surface area (Å²) < 4.78 is 11.4. The number of halogens is 1. The van der Waals surface area contributed by atoms with Crippen LogP contribution in [-0.2, 0) is 6.54 Å². The molecule has 1 aromatic carbocycles. The Morgan fingerprint density at radius 3 is 2.70 bits per heavy atom. The molecule has 0 amide bonds. The molecule has 1 aromatic rings. The second-order valence-electron chi connectivity index (χ2n) is 5.88. The van der Waals surface area contributed by atoms with E-state index < -0.39 is 0 Å². The molecule has 0 radical (unpaired) electrons. The Kier molecular flexibility index (Phi) is 5.55. The molecule has 0 heterocycles. The first-order chi connectivity index (χ1) is 9.60. The number of hydrogen-bond donors (Lipinski definition) is 1. The molecule has 1 N–H and O–H groups in total. The molecule has 1 aliphatic carbocycles. The van der Waals surface area contributed by atoms with Gasteiger partial charge in [-0.3, -0.25) is 0 Å². The van der Waals surface area contributed by atoms with E-state index in [2.05, 4.69) is 19.2 Å². The van der Waals surface area contributed by atoms with Gasteiger partial charge in [-0.15, -0.1) is 0 Å². The van der Waals surface area contributed by atoms with Crippen molar-refractivity contribution in [3.8, 4) is 11.5 Å². The lowest BCUT2D eigenvalue weighted by atomic mass is 10.1. The van der Waals surface area contributed by atoms with Crippen LogP contribution in [0.4, 0.5) is 0 Å². The van der Waals surface area contributed by atoms with Crippen molar-refractivity contribution in [3.05, 3.63) is 22.7 Å². The smallest absolute Gasteiger partial charge is 0.165 e. The third-order valence-electron chi connectivity index (χ3n) is 3.34. The van der Waals surface area contributed by atoms with Crippen molar-refractivity contribution >= 4 is 11.6 Å². The Labute approximate surface area is 126 Å². The maximum atomic E-state index is 6.15. The Morgan fingerprint density at radius 1 is 1.35 bits per heavy atom. The van der Waals surface area contributed by atoms with Crippen LogP contribution in [0.1, 0.15) is 32.3 Å². The molecule has 112 valence electrons. The van der Waals surface area contributed by atoms with E-state index in [0.29, 0.717) is 16.9 Å². The molecule has 1 aliphatic rings. The molecule has 4 heteroatoms. The number of rotatable bonds is 8. The molecule has 1 fully saturated rings. The lowest BCUT2D eigenvalue weighted by Gasteiger charge is -2.16. The van der Waals surface area contributed by atoms with Gasteiger partial charge in [0.1, 0.15) is 0 Å². The lowest BCUT2D eigenvalue weighted by Crippen LogP contribution is -2.19. The van der Waals surface area contributed by atoms with Crippen molar-refractivity contribution in [2.75, 3.05) is 20.3 Å². The Hall–Kier alpha value is -0.930. The molecule has 0 aliphatic heterocycles. The van der Waals surface area contributed by atoms with Gasteiger partial charge in [0, 0.05) is 23.2 Å². The molecule has 0 aromatic heterocycles. The topological polar surface area (TPSA) is 30.5 Å². The zero-order valence-corrected chi connectivity index (χ0v) is 13.3. The summed E-state index contributed by atoms with van der Waals surface area (Å²) in [5.41, 5.74) is 1.07. The number of hydrogen-bond acceptors (Lipinski definition) is 3. The second-order valence-corrected chi connectivity index (χ2v) is 6.31. The Balaban J connectivity index is 2.09. The highest BCUT2D eigenvalue weighted by Crippen LogP contribution is 2.37. The van der Waals surface area contributed by atoms with Crippen molar-refractivity contribution in [3.63, 3.8) is 0 Å². The minimum absolute atomic E-state index is 0.618. The number of nitrogens with one attached hydrogen (secondary N) is 1. The molecule has 0 saturated heterocycles. The van der Waals surface area contributed by atoms with Gasteiger partial charge in [0.25, 0.3) is 0 Å². The van der Waals surface area contributed by atoms with Crippen LogP contribution in [0, 0.1) is 11.8 Å². The van der Waals surface area contributed by atoms with Crippen molar-refractivity contribution in [1.82, 2.24) is 5.32 Å². The summed E-state index contributed by atoms with van der Waals surface area (Å²) >= 11 is 6.15. The van der Waals surface area contributed by atoms with E-state index >= 15 is 0 Å². The van der Waals surface area contributed by atoms with E-state index in [9.17, 15) is 0 Å². The summed E-state index contributed by atoms with van der Waals surface area (Å²) in [6, 6.07) is 3.77. The molecular weight excluding hydrogens is 274 g/mol. The molecule has 3 nitrogen and oxygen atoms in total. The van der Waals surface area contributed by atoms with Crippen molar-refractivity contribution < 1.29 is 9.47 Å². The summed E-state index contributed by atoms with van der Waals surface area (Å²) in [6.07, 6.45) is 2.55. The zero-order chi connectivity index (χ0) is 14.5. The highest BCUT2D eigenvalue weighted by atomic mass is 35.5. The third-order valence-corrected chi connectivity index (χ3v) is 3.56. The largest absolute Gasteiger partial charge is 0.493 e. The first-order valence-electron chi connectivity index (χ1n) is 7.30. The first-order valence-corrected chi connectivity index (χ1v) is 7.68. The average molecular weight is 298 g/mol. The minimum atomic E-state index is 0.618. The summed E-state index contributed by atoms with van der Waals surface area (Å²) in [5.74, 6) is 2.89. The average Bonchev–Trinajstić information content (AvgIpc) is 3.20. The predicted octanol–water partition coefficient (Wildman–Crippen LogP) is 3.88. The normalized spacial score (nSPS) is 14.7. The molecule has 0 spiro atoms. The number of ether oxygens (including phenoxy) is 2. The summed E-state index contributed by atoms with van der Waals surface area (Å²) in [6.45, 7) is 6.87. The van der Waals surface area contributed by atoms with Gasteiger partial charge < -0.3 is 14.8 Å². The SMILES string of the molecule is COc1cc(Cl)cc(CNCC(C)C)c1OCC1CC1. The molecule has 20 heavy (non-hydrogen) atoms. The number of benzene rings is 1. The van der Waals surface area contributed by atoms with Crippen molar-refractivity contribution in [1.29, 1.82) is 0 Å². The maximum absolute atomic E-state index is 6.15.